The summed E-state index contributed by atoms with van der Waals surface area (Å²) in [4.78, 5) is 0. The quantitative estimate of drug-likeness (QED) is 0.861. The van der Waals surface area contributed by atoms with Crippen molar-refractivity contribution in [2.75, 3.05) is 19.8 Å². The van der Waals surface area contributed by atoms with Crippen LogP contribution in [-0.2, 0) is 4.74 Å². The molecule has 1 aromatic carbocycles. The second-order valence-corrected chi connectivity index (χ2v) is 5.39. The number of hydrogen-bond donors (Lipinski definition) is 1. The first-order valence-corrected chi connectivity index (χ1v) is 7.10. The first-order valence-electron chi connectivity index (χ1n) is 6.72. The zero-order valence-corrected chi connectivity index (χ0v) is 11.5. The second kappa shape index (κ2) is 5.57. The van der Waals surface area contributed by atoms with E-state index in [0.717, 1.165) is 31.4 Å². The fourth-order valence-electron chi connectivity index (χ4n) is 2.56. The van der Waals surface area contributed by atoms with Crippen molar-refractivity contribution in [1.29, 1.82) is 0 Å². The number of fused-ring (bicyclic) bond motifs is 1. The van der Waals surface area contributed by atoms with Crippen LogP contribution >= 0.6 is 11.6 Å². The Balaban J connectivity index is 1.94. The minimum atomic E-state index is -0.108. The largest absolute Gasteiger partial charge is 0.489 e. The van der Waals surface area contributed by atoms with Gasteiger partial charge >= 0.3 is 0 Å². The van der Waals surface area contributed by atoms with E-state index in [1.165, 1.54) is 0 Å². The molecule has 0 radical (unpaired) electrons. The maximum atomic E-state index is 6.29. The highest BCUT2D eigenvalue weighted by Crippen LogP contribution is 2.41. The molecule has 0 saturated carbocycles. The van der Waals surface area contributed by atoms with Crippen molar-refractivity contribution < 1.29 is 14.2 Å². The van der Waals surface area contributed by atoms with Crippen molar-refractivity contribution in [2.45, 2.75) is 31.4 Å². The topological polar surface area (TPSA) is 53.7 Å². The average molecular weight is 284 g/mol. The zero-order valence-electron chi connectivity index (χ0n) is 10.7. The van der Waals surface area contributed by atoms with Crippen molar-refractivity contribution in [3.05, 3.63) is 22.7 Å². The number of rotatable bonds is 1. The Bertz CT molecular complexity index is 466. The Labute approximate surface area is 117 Å². The molecule has 19 heavy (non-hydrogen) atoms. The zero-order chi connectivity index (χ0) is 13.2. The monoisotopic (exact) mass is 283 g/mol. The lowest BCUT2D eigenvalue weighted by Gasteiger charge is -2.29. The second-order valence-electron chi connectivity index (χ2n) is 4.98. The molecule has 1 fully saturated rings. The number of benzene rings is 1. The summed E-state index contributed by atoms with van der Waals surface area (Å²) in [6, 6.07) is 3.84. The molecule has 2 heterocycles. The summed E-state index contributed by atoms with van der Waals surface area (Å²) in [7, 11) is 0. The molecule has 2 N–H and O–H groups in total. The van der Waals surface area contributed by atoms with E-state index in [1.54, 1.807) is 0 Å². The highest BCUT2D eigenvalue weighted by molar-refractivity contribution is 6.32. The van der Waals surface area contributed by atoms with Crippen molar-refractivity contribution in [2.24, 2.45) is 5.73 Å². The molecule has 2 atom stereocenters. The van der Waals surface area contributed by atoms with Gasteiger partial charge in [-0.05, 0) is 30.5 Å². The molecule has 0 amide bonds. The van der Waals surface area contributed by atoms with Crippen LogP contribution in [0.5, 0.6) is 11.5 Å². The maximum absolute atomic E-state index is 6.29. The van der Waals surface area contributed by atoms with Gasteiger partial charge in [-0.15, -0.1) is 0 Å². The van der Waals surface area contributed by atoms with Gasteiger partial charge in [0.2, 0.25) is 0 Å². The molecule has 1 saturated heterocycles. The van der Waals surface area contributed by atoms with E-state index < -0.39 is 0 Å². The van der Waals surface area contributed by atoms with Gasteiger partial charge in [0.05, 0.1) is 24.3 Å². The van der Waals surface area contributed by atoms with Crippen molar-refractivity contribution in [3.8, 4) is 11.5 Å². The van der Waals surface area contributed by atoms with Gasteiger partial charge in [-0.25, -0.2) is 0 Å². The van der Waals surface area contributed by atoms with Crippen molar-refractivity contribution in [3.63, 3.8) is 0 Å². The predicted molar refractivity (Wildman–Crippen MR) is 73.0 cm³/mol. The molecule has 0 spiro atoms. The van der Waals surface area contributed by atoms with E-state index in [9.17, 15) is 0 Å². The highest BCUT2D eigenvalue weighted by Gasteiger charge is 2.27. The fraction of sp³-hybridized carbons (Fsp3) is 0.571. The van der Waals surface area contributed by atoms with E-state index in [1.807, 2.05) is 12.1 Å². The third-order valence-corrected chi connectivity index (χ3v) is 3.80. The summed E-state index contributed by atoms with van der Waals surface area (Å²) >= 11 is 6.29. The fourth-order valence-corrected chi connectivity index (χ4v) is 2.84. The number of ether oxygens (including phenoxy) is 3. The molecule has 4 nitrogen and oxygen atoms in total. The van der Waals surface area contributed by atoms with Gasteiger partial charge in [0.1, 0.15) is 0 Å². The Morgan fingerprint density at radius 1 is 1.11 bits per heavy atom. The van der Waals surface area contributed by atoms with Crippen LogP contribution < -0.4 is 15.2 Å². The minimum absolute atomic E-state index is 0.00885. The van der Waals surface area contributed by atoms with Crippen LogP contribution in [-0.4, -0.2) is 25.9 Å². The number of halogens is 1. The Morgan fingerprint density at radius 2 is 1.95 bits per heavy atom. The van der Waals surface area contributed by atoms with Gasteiger partial charge in [0, 0.05) is 19.1 Å². The molecule has 2 aliphatic rings. The van der Waals surface area contributed by atoms with Gasteiger partial charge in [0.25, 0.3) is 0 Å². The van der Waals surface area contributed by atoms with Gasteiger partial charge in [-0.1, -0.05) is 11.6 Å². The molecular formula is C14H18ClNO3. The first kappa shape index (κ1) is 13.0. The third kappa shape index (κ3) is 2.66. The molecule has 2 aliphatic heterocycles. The van der Waals surface area contributed by atoms with E-state index in [-0.39, 0.29) is 12.1 Å². The van der Waals surface area contributed by atoms with Crippen LogP contribution in [0.25, 0.3) is 0 Å². The number of hydrogen-bond acceptors (Lipinski definition) is 4. The molecule has 0 aliphatic carbocycles. The van der Waals surface area contributed by atoms with E-state index >= 15 is 0 Å². The normalized spacial score (nSPS) is 26.8. The maximum Gasteiger partial charge on any atom is 0.179 e. The van der Waals surface area contributed by atoms with Gasteiger partial charge < -0.3 is 19.9 Å². The van der Waals surface area contributed by atoms with Crippen LogP contribution in [0.2, 0.25) is 5.02 Å². The lowest BCUT2D eigenvalue weighted by Crippen LogP contribution is -2.34. The Kier molecular flexibility index (Phi) is 3.82. The molecule has 0 bridgehead atoms. The van der Waals surface area contributed by atoms with E-state index in [0.29, 0.717) is 29.7 Å². The summed E-state index contributed by atoms with van der Waals surface area (Å²) in [6.45, 7) is 2.01. The van der Waals surface area contributed by atoms with Crippen LogP contribution in [0.1, 0.15) is 30.9 Å². The molecule has 1 aromatic rings. The lowest BCUT2D eigenvalue weighted by atomic mass is 9.96. The highest BCUT2D eigenvalue weighted by atomic mass is 35.5. The standard InChI is InChI=1S/C14H18ClNO3/c15-10-7-9(13-11(16)3-1-4-18-13)8-12-14(10)19-6-2-5-17-12/h7-8,11,13H,1-6,16H2. The first-order chi connectivity index (χ1) is 9.25. The Hall–Kier alpha value is -0.970. The smallest absolute Gasteiger partial charge is 0.179 e. The molecule has 3 rings (SSSR count). The van der Waals surface area contributed by atoms with Gasteiger partial charge in [-0.3, -0.25) is 0 Å². The molecule has 5 heteroatoms. The van der Waals surface area contributed by atoms with Crippen LogP contribution in [0.4, 0.5) is 0 Å². The summed E-state index contributed by atoms with van der Waals surface area (Å²) in [5.41, 5.74) is 7.10. The summed E-state index contributed by atoms with van der Waals surface area (Å²) < 4.78 is 17.1. The number of nitrogens with two attached hydrogens (primary N) is 1. The van der Waals surface area contributed by atoms with Crippen LogP contribution in [0.15, 0.2) is 12.1 Å². The van der Waals surface area contributed by atoms with Crippen molar-refractivity contribution >= 4 is 11.6 Å². The minimum Gasteiger partial charge on any atom is -0.489 e. The summed E-state index contributed by atoms with van der Waals surface area (Å²) in [5, 5.41) is 0.566. The molecule has 2 unspecified atom stereocenters. The van der Waals surface area contributed by atoms with Gasteiger partial charge in [-0.2, -0.15) is 0 Å². The molecule has 104 valence electrons. The predicted octanol–water partition coefficient (Wildman–Crippen LogP) is 2.68. The van der Waals surface area contributed by atoms with Gasteiger partial charge in [0.15, 0.2) is 11.5 Å². The van der Waals surface area contributed by atoms with Crippen LogP contribution in [0, 0.1) is 0 Å². The average Bonchev–Trinajstić information content (AvgIpc) is 2.65. The lowest BCUT2D eigenvalue weighted by molar-refractivity contribution is 0.0000130. The SMILES string of the molecule is NC1CCCOC1c1cc(Cl)c2c(c1)OCCCO2. The summed E-state index contributed by atoms with van der Waals surface area (Å²) in [5.74, 6) is 1.33. The van der Waals surface area contributed by atoms with E-state index in [4.69, 9.17) is 31.5 Å². The summed E-state index contributed by atoms with van der Waals surface area (Å²) in [6.07, 6.45) is 2.73. The molecule has 0 aromatic heterocycles. The Morgan fingerprint density at radius 3 is 2.79 bits per heavy atom. The van der Waals surface area contributed by atoms with Crippen molar-refractivity contribution in [1.82, 2.24) is 0 Å². The molecular weight excluding hydrogens is 266 g/mol. The van der Waals surface area contributed by atoms with E-state index in [2.05, 4.69) is 0 Å². The van der Waals surface area contributed by atoms with Crippen LogP contribution in [0.3, 0.4) is 0 Å². The third-order valence-electron chi connectivity index (χ3n) is 3.52.